The summed E-state index contributed by atoms with van der Waals surface area (Å²) in [6.45, 7) is 2.14. The van der Waals surface area contributed by atoms with E-state index in [4.69, 9.17) is 0 Å². The van der Waals surface area contributed by atoms with Crippen molar-refractivity contribution in [1.82, 2.24) is 4.98 Å². The van der Waals surface area contributed by atoms with E-state index in [9.17, 15) is 14.3 Å². The van der Waals surface area contributed by atoms with Crippen LogP contribution in [0.2, 0.25) is 0 Å². The van der Waals surface area contributed by atoms with Crippen molar-refractivity contribution in [3.05, 3.63) is 28.3 Å². The van der Waals surface area contributed by atoms with Gasteiger partial charge in [0.2, 0.25) is 0 Å². The van der Waals surface area contributed by atoms with Crippen molar-refractivity contribution < 1.29 is 9.13 Å². The van der Waals surface area contributed by atoms with E-state index >= 15 is 0 Å². The van der Waals surface area contributed by atoms with Gasteiger partial charge in [-0.3, -0.25) is 14.3 Å². The molecular formula is C13H16N2O3S2. The van der Waals surface area contributed by atoms with Crippen LogP contribution < -0.4 is 0 Å². The van der Waals surface area contributed by atoms with E-state index in [1.165, 1.54) is 23.5 Å². The van der Waals surface area contributed by atoms with Crippen LogP contribution in [0.5, 0.6) is 0 Å². The summed E-state index contributed by atoms with van der Waals surface area (Å²) in [7, 11) is -1.10. The minimum Gasteiger partial charge on any atom is -0.258 e. The molecule has 108 valence electrons. The topological polar surface area (TPSA) is 73.1 Å². The van der Waals surface area contributed by atoms with Crippen LogP contribution in [-0.4, -0.2) is 19.9 Å². The second kappa shape index (κ2) is 6.90. The molecule has 1 unspecified atom stereocenters. The van der Waals surface area contributed by atoms with E-state index < -0.39 is 15.7 Å². The predicted octanol–water partition coefficient (Wildman–Crippen LogP) is 3.89. The van der Waals surface area contributed by atoms with Crippen molar-refractivity contribution in [2.24, 2.45) is 0 Å². The van der Waals surface area contributed by atoms with Gasteiger partial charge in [0.05, 0.1) is 25.9 Å². The summed E-state index contributed by atoms with van der Waals surface area (Å²) >= 11 is 1.29. The maximum Gasteiger partial charge on any atom is 0.270 e. The van der Waals surface area contributed by atoms with E-state index in [1.54, 1.807) is 6.07 Å². The number of nitro benzene ring substituents is 1. The Bertz CT molecular complexity index is 640. The van der Waals surface area contributed by atoms with Crippen molar-refractivity contribution in [2.45, 2.75) is 36.9 Å². The Labute approximate surface area is 123 Å². The fourth-order valence-electron chi connectivity index (χ4n) is 1.85. The Balaban J connectivity index is 2.11. The van der Waals surface area contributed by atoms with Gasteiger partial charge in [0, 0.05) is 17.9 Å². The molecule has 0 N–H and O–H groups in total. The van der Waals surface area contributed by atoms with E-state index in [2.05, 4.69) is 11.9 Å². The number of unbranched alkanes of at least 4 members (excludes halogenated alkanes) is 3. The number of non-ortho nitro benzene ring substituents is 1. The highest BCUT2D eigenvalue weighted by atomic mass is 32.2. The van der Waals surface area contributed by atoms with E-state index in [1.807, 2.05) is 0 Å². The Hall–Kier alpha value is -1.34. The van der Waals surface area contributed by atoms with Crippen LogP contribution in [0.4, 0.5) is 5.69 Å². The average molecular weight is 312 g/mol. The molecule has 1 aromatic heterocycles. The molecule has 0 saturated carbocycles. The molecular weight excluding hydrogens is 296 g/mol. The summed E-state index contributed by atoms with van der Waals surface area (Å²) in [6.07, 6.45) is 4.32. The number of hydrogen-bond acceptors (Lipinski definition) is 5. The molecule has 0 saturated heterocycles. The fourth-order valence-corrected chi connectivity index (χ4v) is 4.31. The first-order valence-electron chi connectivity index (χ1n) is 6.55. The standard InChI is InChI=1S/C13H16N2O3S2/c1-2-3-4-5-8-20(18)13-14-11-7-6-10(15(16)17)9-12(11)19-13/h6-7,9H,2-5,8H2,1H3. The summed E-state index contributed by atoms with van der Waals surface area (Å²) in [6, 6.07) is 4.53. The zero-order chi connectivity index (χ0) is 14.5. The third kappa shape index (κ3) is 3.61. The van der Waals surface area contributed by atoms with Crippen LogP contribution in [-0.2, 0) is 10.8 Å². The summed E-state index contributed by atoms with van der Waals surface area (Å²) in [5.41, 5.74) is 0.721. The van der Waals surface area contributed by atoms with Crippen LogP contribution >= 0.6 is 11.3 Å². The molecule has 0 aliphatic heterocycles. The maximum atomic E-state index is 12.1. The first-order chi connectivity index (χ1) is 9.61. The van der Waals surface area contributed by atoms with Crippen LogP contribution in [0.15, 0.2) is 22.5 Å². The SMILES string of the molecule is CCCCCCS(=O)c1nc2ccc([N+](=O)[O-])cc2s1. The summed E-state index contributed by atoms with van der Waals surface area (Å²) in [4.78, 5) is 14.6. The number of thiazole rings is 1. The molecule has 5 nitrogen and oxygen atoms in total. The van der Waals surface area contributed by atoms with E-state index in [-0.39, 0.29) is 5.69 Å². The lowest BCUT2D eigenvalue weighted by atomic mass is 10.2. The van der Waals surface area contributed by atoms with E-state index in [0.717, 1.165) is 30.4 Å². The van der Waals surface area contributed by atoms with Crippen molar-refractivity contribution in [3.8, 4) is 0 Å². The number of aromatic nitrogens is 1. The number of hydrogen-bond donors (Lipinski definition) is 0. The van der Waals surface area contributed by atoms with Gasteiger partial charge in [0.1, 0.15) is 0 Å². The Morgan fingerprint density at radius 1 is 1.35 bits per heavy atom. The summed E-state index contributed by atoms with van der Waals surface area (Å²) < 4.78 is 13.4. The van der Waals surface area contributed by atoms with Crippen LogP contribution in [0.1, 0.15) is 32.6 Å². The molecule has 1 heterocycles. The molecule has 0 amide bonds. The van der Waals surface area contributed by atoms with Gasteiger partial charge in [-0.15, -0.1) is 11.3 Å². The quantitative estimate of drug-likeness (QED) is 0.441. The molecule has 20 heavy (non-hydrogen) atoms. The van der Waals surface area contributed by atoms with Gasteiger partial charge in [-0.25, -0.2) is 4.98 Å². The van der Waals surface area contributed by atoms with Gasteiger partial charge in [-0.2, -0.15) is 0 Å². The van der Waals surface area contributed by atoms with Crippen LogP contribution in [0, 0.1) is 10.1 Å². The van der Waals surface area contributed by atoms with Gasteiger partial charge in [0.15, 0.2) is 4.34 Å². The van der Waals surface area contributed by atoms with Crippen molar-refractivity contribution in [2.75, 3.05) is 5.75 Å². The second-order valence-electron chi connectivity index (χ2n) is 4.50. The average Bonchev–Trinajstić information content (AvgIpc) is 2.86. The molecule has 1 atom stereocenters. The summed E-state index contributed by atoms with van der Waals surface area (Å²) in [5.74, 6) is 0.613. The zero-order valence-corrected chi connectivity index (χ0v) is 12.8. The monoisotopic (exact) mass is 312 g/mol. The lowest BCUT2D eigenvalue weighted by Crippen LogP contribution is -1.97. The Kier molecular flexibility index (Phi) is 5.19. The second-order valence-corrected chi connectivity index (χ2v) is 7.27. The third-order valence-electron chi connectivity index (χ3n) is 2.94. The van der Waals surface area contributed by atoms with E-state index in [0.29, 0.717) is 15.6 Å². The highest BCUT2D eigenvalue weighted by molar-refractivity contribution is 7.87. The highest BCUT2D eigenvalue weighted by Crippen LogP contribution is 2.28. The molecule has 0 bridgehead atoms. The van der Waals surface area contributed by atoms with Gasteiger partial charge in [-0.05, 0) is 12.5 Å². The number of fused-ring (bicyclic) bond motifs is 1. The highest BCUT2D eigenvalue weighted by Gasteiger charge is 2.13. The molecule has 2 aromatic rings. The molecule has 2 rings (SSSR count). The van der Waals surface area contributed by atoms with Gasteiger partial charge < -0.3 is 0 Å². The summed E-state index contributed by atoms with van der Waals surface area (Å²) in [5, 5.41) is 10.7. The normalized spacial score (nSPS) is 12.7. The molecule has 0 aliphatic carbocycles. The lowest BCUT2D eigenvalue weighted by molar-refractivity contribution is -0.384. The number of rotatable bonds is 7. The lowest BCUT2D eigenvalue weighted by Gasteiger charge is -1.97. The molecule has 0 aliphatic rings. The van der Waals surface area contributed by atoms with Crippen molar-refractivity contribution >= 4 is 38.0 Å². The third-order valence-corrected chi connectivity index (χ3v) is 5.70. The van der Waals surface area contributed by atoms with Crippen molar-refractivity contribution in [3.63, 3.8) is 0 Å². The number of benzene rings is 1. The van der Waals surface area contributed by atoms with Crippen LogP contribution in [0.3, 0.4) is 0 Å². The predicted molar refractivity (Wildman–Crippen MR) is 81.7 cm³/mol. The van der Waals surface area contributed by atoms with Gasteiger partial charge >= 0.3 is 0 Å². The minimum absolute atomic E-state index is 0.0430. The number of nitrogens with zero attached hydrogens (tertiary/aromatic N) is 2. The first kappa shape index (κ1) is 15.1. The maximum absolute atomic E-state index is 12.1. The zero-order valence-electron chi connectivity index (χ0n) is 11.2. The van der Waals surface area contributed by atoms with Gasteiger partial charge in [0.25, 0.3) is 5.69 Å². The fraction of sp³-hybridized carbons (Fsp3) is 0.462. The van der Waals surface area contributed by atoms with Crippen molar-refractivity contribution in [1.29, 1.82) is 0 Å². The Morgan fingerprint density at radius 2 is 2.15 bits per heavy atom. The molecule has 7 heteroatoms. The molecule has 0 fully saturated rings. The van der Waals surface area contributed by atoms with Crippen LogP contribution in [0.25, 0.3) is 10.2 Å². The molecule has 0 radical (unpaired) electrons. The Morgan fingerprint density at radius 3 is 2.85 bits per heavy atom. The van der Waals surface area contributed by atoms with Gasteiger partial charge in [-0.1, -0.05) is 26.2 Å². The largest absolute Gasteiger partial charge is 0.270 e. The molecule has 0 spiro atoms. The first-order valence-corrected chi connectivity index (χ1v) is 8.68. The molecule has 1 aromatic carbocycles. The smallest absolute Gasteiger partial charge is 0.258 e. The number of nitro groups is 1. The minimum atomic E-state index is -1.10.